The summed E-state index contributed by atoms with van der Waals surface area (Å²) >= 11 is 1.67. The highest BCUT2D eigenvalue weighted by molar-refractivity contribution is 7.25. The maximum Gasteiger partial charge on any atom is 0.119 e. The number of aromatic hydroxyl groups is 1. The maximum absolute atomic E-state index is 9.52. The van der Waals surface area contributed by atoms with Gasteiger partial charge in [-0.3, -0.25) is 0 Å². The van der Waals surface area contributed by atoms with E-state index in [0.717, 1.165) is 10.1 Å². The largest absolute Gasteiger partial charge is 0.509 e. The molecule has 2 radical (unpaired) electrons. The van der Waals surface area contributed by atoms with E-state index in [0.29, 0.717) is 5.46 Å². The van der Waals surface area contributed by atoms with Gasteiger partial charge in [-0.15, -0.1) is 11.3 Å². The molecule has 1 N–H and O–H groups in total. The van der Waals surface area contributed by atoms with Gasteiger partial charge in [0.05, 0.1) is 0 Å². The van der Waals surface area contributed by atoms with Crippen molar-refractivity contribution in [3.63, 3.8) is 0 Å². The second-order valence-corrected chi connectivity index (χ2v) is 4.59. The molecule has 3 rings (SSSR count). The summed E-state index contributed by atoms with van der Waals surface area (Å²) in [4.78, 5) is 0. The van der Waals surface area contributed by atoms with E-state index in [1.165, 1.54) is 10.1 Å². The van der Waals surface area contributed by atoms with Crippen LogP contribution in [0.5, 0.6) is 5.75 Å². The molecule has 0 aliphatic rings. The maximum atomic E-state index is 9.52. The van der Waals surface area contributed by atoms with Crippen molar-refractivity contribution in [1.82, 2.24) is 0 Å². The summed E-state index contributed by atoms with van der Waals surface area (Å²) in [5.41, 5.74) is 0.436. The van der Waals surface area contributed by atoms with Gasteiger partial charge in [-0.2, -0.15) is 0 Å². The topological polar surface area (TPSA) is 20.2 Å². The highest BCUT2D eigenvalue weighted by Gasteiger charge is 2.06. The zero-order valence-corrected chi connectivity index (χ0v) is 8.71. The number of hydrogen-bond donors (Lipinski definition) is 1. The molecule has 0 amide bonds. The van der Waals surface area contributed by atoms with E-state index in [-0.39, 0.29) is 5.75 Å². The fourth-order valence-electron chi connectivity index (χ4n) is 1.78. The molecule has 0 spiro atoms. The molecule has 0 unspecified atom stereocenters. The van der Waals surface area contributed by atoms with Crippen LogP contribution in [0.25, 0.3) is 20.2 Å². The molecular formula is C12H7BOS. The van der Waals surface area contributed by atoms with Crippen molar-refractivity contribution in [2.45, 2.75) is 0 Å². The molecule has 0 atom stereocenters. The van der Waals surface area contributed by atoms with Gasteiger partial charge in [0, 0.05) is 14.8 Å². The summed E-state index contributed by atoms with van der Waals surface area (Å²) in [6.07, 6.45) is 0. The summed E-state index contributed by atoms with van der Waals surface area (Å²) in [6, 6.07) is 11.7. The van der Waals surface area contributed by atoms with Gasteiger partial charge in [-0.05, 0) is 17.5 Å². The monoisotopic (exact) mass is 210 g/mol. The molecule has 0 bridgehead atoms. The van der Waals surface area contributed by atoms with Crippen LogP contribution in [0.3, 0.4) is 0 Å². The normalized spacial score (nSPS) is 11.2. The predicted octanol–water partition coefficient (Wildman–Crippen LogP) is 2.55. The van der Waals surface area contributed by atoms with Crippen molar-refractivity contribution in [3.05, 3.63) is 36.4 Å². The first kappa shape index (κ1) is 8.80. The minimum Gasteiger partial charge on any atom is -0.509 e. The fraction of sp³-hybridized carbons (Fsp3) is 0. The average Bonchev–Trinajstić information content (AvgIpc) is 2.57. The lowest BCUT2D eigenvalue weighted by Crippen LogP contribution is -2.00. The average molecular weight is 210 g/mol. The molecule has 3 heteroatoms. The molecule has 1 nitrogen and oxygen atoms in total. The van der Waals surface area contributed by atoms with Crippen LogP contribution in [0.4, 0.5) is 0 Å². The number of fused-ring (bicyclic) bond motifs is 3. The van der Waals surface area contributed by atoms with Crippen LogP contribution >= 0.6 is 11.3 Å². The van der Waals surface area contributed by atoms with E-state index < -0.39 is 0 Å². The van der Waals surface area contributed by atoms with E-state index in [1.54, 1.807) is 17.4 Å². The van der Waals surface area contributed by atoms with Gasteiger partial charge in [-0.25, -0.2) is 0 Å². The zero-order chi connectivity index (χ0) is 10.4. The summed E-state index contributed by atoms with van der Waals surface area (Å²) in [6.45, 7) is 0. The number of benzene rings is 2. The summed E-state index contributed by atoms with van der Waals surface area (Å²) in [5.74, 6) is 0.161. The number of phenolic OH excluding ortho intramolecular Hbond substituents is 1. The first-order valence-electron chi connectivity index (χ1n) is 4.65. The van der Waals surface area contributed by atoms with Crippen LogP contribution < -0.4 is 5.46 Å². The lowest BCUT2D eigenvalue weighted by molar-refractivity contribution is 0.480. The first-order chi connectivity index (χ1) is 7.25. The minimum absolute atomic E-state index is 0.161. The third kappa shape index (κ3) is 1.23. The van der Waals surface area contributed by atoms with Crippen LogP contribution in [-0.2, 0) is 0 Å². The quantitative estimate of drug-likeness (QED) is 0.565. The van der Waals surface area contributed by atoms with Crippen molar-refractivity contribution >= 4 is 44.8 Å². The zero-order valence-electron chi connectivity index (χ0n) is 7.90. The molecule has 3 aromatic rings. The molecule has 15 heavy (non-hydrogen) atoms. The van der Waals surface area contributed by atoms with E-state index in [1.807, 2.05) is 18.2 Å². The molecule has 70 valence electrons. The highest BCUT2D eigenvalue weighted by Crippen LogP contribution is 2.34. The molecule has 0 aliphatic heterocycles. The molecule has 1 heterocycles. The fourth-order valence-corrected chi connectivity index (χ4v) is 2.90. The van der Waals surface area contributed by atoms with Crippen molar-refractivity contribution in [2.24, 2.45) is 0 Å². The van der Waals surface area contributed by atoms with E-state index in [2.05, 4.69) is 12.1 Å². The van der Waals surface area contributed by atoms with E-state index >= 15 is 0 Å². The Labute approximate surface area is 92.4 Å². The Bertz CT molecular complexity index is 657. The number of rotatable bonds is 0. The standard InChI is InChI=1S/C12H7BOS/c13-9-5-8-7-3-1-2-4-11(7)15-12(8)6-10(9)14/h1-6,14H. The van der Waals surface area contributed by atoms with Crippen molar-refractivity contribution < 1.29 is 5.11 Å². The van der Waals surface area contributed by atoms with Crippen LogP contribution in [0.15, 0.2) is 36.4 Å². The van der Waals surface area contributed by atoms with Gasteiger partial charge in [-0.1, -0.05) is 29.7 Å². The molecule has 0 saturated carbocycles. The van der Waals surface area contributed by atoms with Gasteiger partial charge < -0.3 is 5.11 Å². The molecule has 1 aromatic heterocycles. The Balaban J connectivity index is 2.56. The van der Waals surface area contributed by atoms with Crippen molar-refractivity contribution in [1.29, 1.82) is 0 Å². The second kappa shape index (κ2) is 3.01. The Morgan fingerprint density at radius 2 is 1.80 bits per heavy atom. The number of hydrogen-bond acceptors (Lipinski definition) is 2. The van der Waals surface area contributed by atoms with Gasteiger partial charge in [0.1, 0.15) is 13.6 Å². The van der Waals surface area contributed by atoms with Crippen molar-refractivity contribution in [2.75, 3.05) is 0 Å². The van der Waals surface area contributed by atoms with Gasteiger partial charge in [0.25, 0.3) is 0 Å². The Morgan fingerprint density at radius 1 is 1.00 bits per heavy atom. The van der Waals surface area contributed by atoms with E-state index in [4.69, 9.17) is 7.85 Å². The van der Waals surface area contributed by atoms with E-state index in [9.17, 15) is 5.11 Å². The third-order valence-electron chi connectivity index (χ3n) is 2.53. The van der Waals surface area contributed by atoms with Crippen LogP contribution in [-0.4, -0.2) is 13.0 Å². The number of thiophene rings is 1. The van der Waals surface area contributed by atoms with Gasteiger partial charge in [0.15, 0.2) is 0 Å². The Kier molecular flexibility index (Phi) is 1.76. The van der Waals surface area contributed by atoms with Crippen LogP contribution in [0, 0.1) is 0 Å². The Morgan fingerprint density at radius 3 is 2.67 bits per heavy atom. The first-order valence-corrected chi connectivity index (χ1v) is 5.47. The van der Waals surface area contributed by atoms with Gasteiger partial charge >= 0.3 is 0 Å². The highest BCUT2D eigenvalue weighted by atomic mass is 32.1. The lowest BCUT2D eigenvalue weighted by Gasteiger charge is -1.98. The molecule has 0 fully saturated rings. The lowest BCUT2D eigenvalue weighted by atomic mass is 9.93. The predicted molar refractivity (Wildman–Crippen MR) is 66.4 cm³/mol. The SMILES string of the molecule is [B]c1cc2c(cc1O)sc1ccccc12. The van der Waals surface area contributed by atoms with Crippen LogP contribution in [0.1, 0.15) is 0 Å². The Hall–Kier alpha value is -1.48. The van der Waals surface area contributed by atoms with Gasteiger partial charge in [0.2, 0.25) is 0 Å². The molecule has 0 aliphatic carbocycles. The number of phenols is 1. The third-order valence-corrected chi connectivity index (χ3v) is 3.66. The molecule has 2 aromatic carbocycles. The summed E-state index contributed by atoms with van der Waals surface area (Å²) < 4.78 is 2.29. The van der Waals surface area contributed by atoms with Crippen molar-refractivity contribution in [3.8, 4) is 5.75 Å². The summed E-state index contributed by atoms with van der Waals surface area (Å²) in [7, 11) is 5.69. The van der Waals surface area contributed by atoms with Crippen LogP contribution in [0.2, 0.25) is 0 Å². The second-order valence-electron chi connectivity index (χ2n) is 3.51. The smallest absolute Gasteiger partial charge is 0.119 e. The molecular weight excluding hydrogens is 203 g/mol. The minimum atomic E-state index is 0.161. The molecule has 0 saturated heterocycles. The summed E-state index contributed by atoms with van der Waals surface area (Å²) in [5, 5.41) is 11.8.